The number of rotatable bonds is 7. The first-order chi connectivity index (χ1) is 11.4. The maximum Gasteiger partial charge on any atom is 0.437 e. The number of nitrogens with zero attached hydrogens (tertiary/aromatic N) is 2. The van der Waals surface area contributed by atoms with E-state index in [1.165, 1.54) is 18.3 Å². The Labute approximate surface area is 142 Å². The SMILES string of the molecule is CC(C)NC(=O)C(C)OC(=O)CCn1nc(-c2cccs2)oc1=O. The molecule has 8 nitrogen and oxygen atoms in total. The van der Waals surface area contributed by atoms with Gasteiger partial charge in [0.15, 0.2) is 6.10 Å². The highest BCUT2D eigenvalue weighted by molar-refractivity contribution is 7.13. The van der Waals surface area contributed by atoms with Gasteiger partial charge in [-0.25, -0.2) is 4.79 Å². The summed E-state index contributed by atoms with van der Waals surface area (Å²) in [5.74, 6) is -1.38. The van der Waals surface area contributed by atoms with E-state index in [1.54, 1.807) is 6.07 Å². The molecule has 0 aliphatic heterocycles. The number of esters is 1. The Balaban J connectivity index is 1.88. The zero-order valence-electron chi connectivity index (χ0n) is 13.6. The summed E-state index contributed by atoms with van der Waals surface area (Å²) in [5.41, 5.74) is 0. The number of ether oxygens (including phenoxy) is 1. The van der Waals surface area contributed by atoms with Crippen LogP contribution in [-0.4, -0.2) is 33.8 Å². The molecule has 0 spiro atoms. The van der Waals surface area contributed by atoms with Gasteiger partial charge < -0.3 is 14.5 Å². The largest absolute Gasteiger partial charge is 0.452 e. The third kappa shape index (κ3) is 4.79. The molecule has 0 bridgehead atoms. The molecule has 2 aromatic rings. The minimum Gasteiger partial charge on any atom is -0.452 e. The average molecular weight is 353 g/mol. The molecule has 0 fully saturated rings. The van der Waals surface area contributed by atoms with Gasteiger partial charge in [0.2, 0.25) is 0 Å². The maximum absolute atomic E-state index is 11.8. The van der Waals surface area contributed by atoms with Gasteiger partial charge in [-0.1, -0.05) is 6.07 Å². The summed E-state index contributed by atoms with van der Waals surface area (Å²) < 4.78 is 11.1. The fraction of sp³-hybridized carbons (Fsp3) is 0.467. The van der Waals surface area contributed by atoms with Gasteiger partial charge in [-0.2, -0.15) is 4.68 Å². The van der Waals surface area contributed by atoms with Crippen LogP contribution in [0.3, 0.4) is 0 Å². The summed E-state index contributed by atoms with van der Waals surface area (Å²) >= 11 is 1.39. The molecular weight excluding hydrogens is 334 g/mol. The van der Waals surface area contributed by atoms with Gasteiger partial charge in [-0.3, -0.25) is 9.59 Å². The highest BCUT2D eigenvalue weighted by atomic mass is 32.1. The van der Waals surface area contributed by atoms with Crippen molar-refractivity contribution in [2.75, 3.05) is 0 Å². The first-order valence-electron chi connectivity index (χ1n) is 7.48. The van der Waals surface area contributed by atoms with Crippen molar-refractivity contribution in [1.29, 1.82) is 0 Å². The van der Waals surface area contributed by atoms with Crippen molar-refractivity contribution >= 4 is 23.2 Å². The topological polar surface area (TPSA) is 103 Å². The van der Waals surface area contributed by atoms with Crippen molar-refractivity contribution in [2.24, 2.45) is 0 Å². The number of thiophene rings is 1. The van der Waals surface area contributed by atoms with Gasteiger partial charge in [0, 0.05) is 6.04 Å². The van der Waals surface area contributed by atoms with Crippen LogP contribution in [-0.2, 0) is 20.9 Å². The highest BCUT2D eigenvalue weighted by Crippen LogP contribution is 2.21. The molecule has 0 saturated carbocycles. The van der Waals surface area contributed by atoms with Crippen molar-refractivity contribution in [3.8, 4) is 10.8 Å². The molecule has 1 unspecified atom stereocenters. The molecule has 0 radical (unpaired) electrons. The molecule has 0 saturated heterocycles. The standard InChI is InChI=1S/C15H19N3O5S/c1-9(2)16-13(20)10(3)22-12(19)6-7-18-15(21)23-14(17-18)11-5-4-8-24-11/h4-5,8-10H,6-7H2,1-3H3,(H,16,20). The van der Waals surface area contributed by atoms with E-state index < -0.39 is 17.8 Å². The van der Waals surface area contributed by atoms with Crippen molar-refractivity contribution in [2.45, 2.75) is 45.9 Å². The summed E-state index contributed by atoms with van der Waals surface area (Å²) in [6, 6.07) is 3.56. The summed E-state index contributed by atoms with van der Waals surface area (Å²) in [6.45, 7) is 5.14. The van der Waals surface area contributed by atoms with Crippen LogP contribution in [0, 0.1) is 0 Å². The van der Waals surface area contributed by atoms with Crippen molar-refractivity contribution in [3.63, 3.8) is 0 Å². The molecule has 1 N–H and O–H groups in total. The molecule has 24 heavy (non-hydrogen) atoms. The molecule has 0 aromatic carbocycles. The monoisotopic (exact) mass is 353 g/mol. The Morgan fingerprint density at radius 1 is 1.42 bits per heavy atom. The number of nitrogens with one attached hydrogen (secondary N) is 1. The summed E-state index contributed by atoms with van der Waals surface area (Å²) in [7, 11) is 0. The number of carbonyl (C=O) groups excluding carboxylic acids is 2. The molecule has 9 heteroatoms. The fourth-order valence-electron chi connectivity index (χ4n) is 1.86. The fourth-order valence-corrected chi connectivity index (χ4v) is 2.50. The lowest BCUT2D eigenvalue weighted by molar-refractivity contribution is -0.155. The lowest BCUT2D eigenvalue weighted by atomic mass is 10.3. The van der Waals surface area contributed by atoms with Gasteiger partial charge >= 0.3 is 11.7 Å². The van der Waals surface area contributed by atoms with Crippen LogP contribution in [0.15, 0.2) is 26.7 Å². The second-order valence-corrected chi connectivity index (χ2v) is 6.37. The highest BCUT2D eigenvalue weighted by Gasteiger charge is 2.19. The number of carbonyl (C=O) groups is 2. The maximum atomic E-state index is 11.8. The first kappa shape index (κ1) is 17.9. The number of aryl methyl sites for hydroxylation is 1. The zero-order chi connectivity index (χ0) is 17.7. The molecular formula is C15H19N3O5S. The summed E-state index contributed by atoms with van der Waals surface area (Å²) in [4.78, 5) is 35.9. The molecule has 0 aliphatic carbocycles. The van der Waals surface area contributed by atoms with Gasteiger partial charge in [-0.05, 0) is 32.2 Å². The molecule has 0 aliphatic rings. The Morgan fingerprint density at radius 3 is 2.79 bits per heavy atom. The average Bonchev–Trinajstić information content (AvgIpc) is 3.13. The molecule has 2 aromatic heterocycles. The van der Waals surface area contributed by atoms with E-state index in [0.717, 1.165) is 9.56 Å². The quantitative estimate of drug-likeness (QED) is 0.755. The predicted octanol–water partition coefficient (Wildman–Crippen LogP) is 1.41. The third-order valence-corrected chi connectivity index (χ3v) is 3.83. The molecule has 130 valence electrons. The predicted molar refractivity (Wildman–Crippen MR) is 87.5 cm³/mol. The Bertz CT molecular complexity index is 748. The second-order valence-electron chi connectivity index (χ2n) is 5.42. The van der Waals surface area contributed by atoms with Crippen LogP contribution in [0.5, 0.6) is 0 Å². The van der Waals surface area contributed by atoms with Gasteiger partial charge in [0.05, 0.1) is 17.8 Å². The van der Waals surface area contributed by atoms with Crippen molar-refractivity contribution in [3.05, 3.63) is 28.1 Å². The van der Waals surface area contributed by atoms with Crippen LogP contribution in [0.25, 0.3) is 10.8 Å². The van der Waals surface area contributed by atoms with Gasteiger partial charge in [0.25, 0.3) is 11.8 Å². The summed E-state index contributed by atoms with van der Waals surface area (Å²) in [5, 5.41) is 8.53. The number of hydrogen-bond acceptors (Lipinski definition) is 7. The first-order valence-corrected chi connectivity index (χ1v) is 8.36. The summed E-state index contributed by atoms with van der Waals surface area (Å²) in [6.07, 6.45) is -0.981. The normalized spacial score (nSPS) is 12.2. The van der Waals surface area contributed by atoms with Crippen molar-refractivity contribution < 1.29 is 18.7 Å². The number of aromatic nitrogens is 2. The van der Waals surface area contributed by atoms with E-state index in [2.05, 4.69) is 10.4 Å². The molecule has 2 rings (SSSR count). The number of hydrogen-bond donors (Lipinski definition) is 1. The van der Waals surface area contributed by atoms with Crippen LogP contribution in [0.4, 0.5) is 0 Å². The van der Waals surface area contributed by atoms with E-state index in [-0.39, 0.29) is 30.8 Å². The van der Waals surface area contributed by atoms with Crippen LogP contribution < -0.4 is 11.1 Å². The third-order valence-electron chi connectivity index (χ3n) is 2.97. The second kappa shape index (κ2) is 7.91. The van der Waals surface area contributed by atoms with Gasteiger partial charge in [0.1, 0.15) is 0 Å². The Kier molecular flexibility index (Phi) is 5.91. The minimum absolute atomic E-state index is 0.0189. The minimum atomic E-state index is -0.893. The number of amides is 1. The zero-order valence-corrected chi connectivity index (χ0v) is 14.5. The van der Waals surface area contributed by atoms with E-state index in [9.17, 15) is 14.4 Å². The Morgan fingerprint density at radius 2 is 2.17 bits per heavy atom. The smallest absolute Gasteiger partial charge is 0.437 e. The van der Waals surface area contributed by atoms with E-state index in [1.807, 2.05) is 25.3 Å². The lowest BCUT2D eigenvalue weighted by Crippen LogP contribution is -2.39. The molecule has 1 atom stereocenters. The van der Waals surface area contributed by atoms with Crippen LogP contribution in [0.1, 0.15) is 27.2 Å². The van der Waals surface area contributed by atoms with Gasteiger partial charge in [-0.15, -0.1) is 16.4 Å². The van der Waals surface area contributed by atoms with E-state index in [4.69, 9.17) is 9.15 Å². The molecule has 1 amide bonds. The molecule has 2 heterocycles. The Hall–Kier alpha value is -2.42. The van der Waals surface area contributed by atoms with Crippen LogP contribution in [0.2, 0.25) is 0 Å². The van der Waals surface area contributed by atoms with E-state index >= 15 is 0 Å². The lowest BCUT2D eigenvalue weighted by Gasteiger charge is -2.15. The van der Waals surface area contributed by atoms with Crippen molar-refractivity contribution in [1.82, 2.24) is 15.1 Å². The van der Waals surface area contributed by atoms with Crippen LogP contribution >= 0.6 is 11.3 Å². The van der Waals surface area contributed by atoms with E-state index in [0.29, 0.717) is 0 Å².